The molecule has 4 aromatic rings. The summed E-state index contributed by atoms with van der Waals surface area (Å²) in [7, 11) is -3.94. The van der Waals surface area contributed by atoms with Crippen molar-refractivity contribution in [3.8, 4) is 0 Å². The van der Waals surface area contributed by atoms with Crippen LogP contribution in [-0.4, -0.2) is 44.5 Å². The number of ketones is 1. The van der Waals surface area contributed by atoms with E-state index in [0.29, 0.717) is 35.9 Å². The van der Waals surface area contributed by atoms with Crippen molar-refractivity contribution in [3.63, 3.8) is 0 Å². The number of amides is 2. The Morgan fingerprint density at radius 3 is 2.56 bits per heavy atom. The molecule has 0 aliphatic carbocycles. The van der Waals surface area contributed by atoms with Gasteiger partial charge in [0.25, 0.3) is 7.37 Å². The fourth-order valence-corrected chi connectivity index (χ4v) is 6.86. The van der Waals surface area contributed by atoms with Crippen LogP contribution in [0.4, 0.5) is 4.39 Å². The van der Waals surface area contributed by atoms with E-state index < -0.39 is 25.1 Å². The third-order valence-electron chi connectivity index (χ3n) is 7.37. The summed E-state index contributed by atoms with van der Waals surface area (Å²) in [6.07, 6.45) is 2.64. The van der Waals surface area contributed by atoms with Gasteiger partial charge in [0.15, 0.2) is 5.78 Å². The molecule has 2 atom stereocenters. The van der Waals surface area contributed by atoms with E-state index >= 15 is 0 Å². The average Bonchev–Trinajstić information content (AvgIpc) is 3.60. The van der Waals surface area contributed by atoms with Crippen molar-refractivity contribution in [1.29, 1.82) is 0 Å². The highest BCUT2D eigenvalue weighted by Crippen LogP contribution is 2.39. The van der Waals surface area contributed by atoms with Crippen LogP contribution in [0.2, 0.25) is 5.02 Å². The van der Waals surface area contributed by atoms with Gasteiger partial charge in [0, 0.05) is 46.4 Å². The van der Waals surface area contributed by atoms with Gasteiger partial charge < -0.3 is 19.7 Å². The van der Waals surface area contributed by atoms with Gasteiger partial charge in [-0.3, -0.25) is 18.9 Å². The van der Waals surface area contributed by atoms with Crippen LogP contribution >= 0.6 is 19.0 Å². The van der Waals surface area contributed by atoms with Crippen molar-refractivity contribution in [2.75, 3.05) is 6.54 Å². The van der Waals surface area contributed by atoms with Gasteiger partial charge >= 0.3 is 0 Å². The lowest BCUT2D eigenvalue weighted by molar-refractivity contribution is -0.138. The first-order valence-electron chi connectivity index (χ1n) is 13.1. The van der Waals surface area contributed by atoms with Gasteiger partial charge in [-0.1, -0.05) is 48.0 Å². The SMILES string of the molecule is CC(=O)c1cn(CC(=O)N2CCC[C@H]2C(=O)NCc2cccc(Cl)c2F)c2cc(P(=O)(O)c3ccccc3)ccc12. The first-order valence-corrected chi connectivity index (χ1v) is 15.1. The van der Waals surface area contributed by atoms with Gasteiger partial charge in [-0.05, 0) is 50.1 Å². The highest BCUT2D eigenvalue weighted by atomic mass is 35.5. The zero-order chi connectivity index (χ0) is 29.3. The molecule has 0 saturated carbocycles. The van der Waals surface area contributed by atoms with Gasteiger partial charge in [-0.2, -0.15) is 0 Å². The second-order valence-electron chi connectivity index (χ2n) is 10.0. The van der Waals surface area contributed by atoms with Crippen molar-refractivity contribution in [1.82, 2.24) is 14.8 Å². The fraction of sp³-hybridized carbons (Fsp3) is 0.233. The minimum Gasteiger partial charge on any atom is -0.350 e. The molecule has 1 saturated heterocycles. The minimum atomic E-state index is -3.94. The highest BCUT2D eigenvalue weighted by molar-refractivity contribution is 7.73. The van der Waals surface area contributed by atoms with Crippen molar-refractivity contribution >= 4 is 58.1 Å². The van der Waals surface area contributed by atoms with Crippen LogP contribution in [0.15, 0.2) is 72.9 Å². The Balaban J connectivity index is 1.39. The van der Waals surface area contributed by atoms with Gasteiger partial charge in [0.2, 0.25) is 11.8 Å². The standard InChI is InChI=1S/C30H28ClFN3O5P/c1-19(36)24-17-34(27-15-22(12-13-23(24)27)41(39,40)21-8-3-2-4-9-21)18-28(37)35-14-6-11-26(35)30(38)33-16-20-7-5-10-25(31)29(20)32/h2-5,7-10,12-13,15,17,26H,6,11,14,16,18H2,1H3,(H,33,38)(H,39,40)/t26-/m0/s1. The van der Waals surface area contributed by atoms with Crippen molar-refractivity contribution in [2.45, 2.75) is 38.9 Å². The zero-order valence-electron chi connectivity index (χ0n) is 22.2. The van der Waals surface area contributed by atoms with E-state index in [1.165, 1.54) is 36.1 Å². The molecule has 1 unspecified atom stereocenters. The average molecular weight is 596 g/mol. The smallest absolute Gasteiger partial charge is 0.258 e. The summed E-state index contributed by atoms with van der Waals surface area (Å²) < 4.78 is 29.2. The number of rotatable bonds is 8. The summed E-state index contributed by atoms with van der Waals surface area (Å²) >= 11 is 5.83. The summed E-state index contributed by atoms with van der Waals surface area (Å²) in [5.41, 5.74) is 1.08. The lowest BCUT2D eigenvalue weighted by Gasteiger charge is -2.24. The molecule has 2 amide bonds. The molecule has 1 aliphatic heterocycles. The number of Topliss-reactive ketones (excluding diaryl/α,β-unsaturated/α-hetero) is 1. The Labute approximate surface area is 241 Å². The van der Waals surface area contributed by atoms with Crippen molar-refractivity contribution in [2.24, 2.45) is 0 Å². The third-order valence-corrected chi connectivity index (χ3v) is 9.64. The zero-order valence-corrected chi connectivity index (χ0v) is 23.9. The maximum absolute atomic E-state index is 14.3. The first kappa shape index (κ1) is 28.7. The predicted molar refractivity (Wildman–Crippen MR) is 155 cm³/mol. The molecule has 2 N–H and O–H groups in total. The Hall–Kier alpha value is -3.78. The highest BCUT2D eigenvalue weighted by Gasteiger charge is 2.34. The van der Waals surface area contributed by atoms with E-state index in [0.717, 1.165) is 0 Å². The Morgan fingerprint density at radius 2 is 1.83 bits per heavy atom. The number of nitrogens with zero attached hydrogens (tertiary/aromatic N) is 2. The summed E-state index contributed by atoms with van der Waals surface area (Å²) in [5, 5.41) is 3.66. The van der Waals surface area contributed by atoms with Crippen LogP contribution in [-0.2, 0) is 27.2 Å². The van der Waals surface area contributed by atoms with Crippen LogP contribution in [0.1, 0.15) is 35.7 Å². The summed E-state index contributed by atoms with van der Waals surface area (Å²) in [5.74, 6) is -1.56. The van der Waals surface area contributed by atoms with Gasteiger partial charge in [0.05, 0.1) is 10.5 Å². The molecule has 0 spiro atoms. The Kier molecular flexibility index (Phi) is 8.13. The molecule has 1 fully saturated rings. The normalized spacial score (nSPS) is 16.5. The third kappa shape index (κ3) is 5.71. The maximum Gasteiger partial charge on any atom is 0.258 e. The first-order chi connectivity index (χ1) is 19.6. The number of halogens is 2. The lowest BCUT2D eigenvalue weighted by Crippen LogP contribution is -2.46. The summed E-state index contributed by atoms with van der Waals surface area (Å²) in [4.78, 5) is 51.3. The predicted octanol–water partition coefficient (Wildman–Crippen LogP) is 4.17. The molecule has 0 radical (unpaired) electrons. The number of carbonyl (C=O) groups is 3. The van der Waals surface area contributed by atoms with E-state index in [-0.39, 0.29) is 46.0 Å². The monoisotopic (exact) mass is 595 g/mol. The van der Waals surface area contributed by atoms with E-state index in [2.05, 4.69) is 5.32 Å². The summed E-state index contributed by atoms with van der Waals surface area (Å²) in [6.45, 7) is 1.53. The molecule has 5 rings (SSSR count). The topological polar surface area (TPSA) is 109 Å². The van der Waals surface area contributed by atoms with Crippen LogP contribution < -0.4 is 15.9 Å². The molecular formula is C30H28ClFN3O5P. The van der Waals surface area contributed by atoms with Gasteiger partial charge in [0.1, 0.15) is 18.4 Å². The minimum absolute atomic E-state index is 0.0391. The van der Waals surface area contributed by atoms with E-state index in [4.69, 9.17) is 11.6 Å². The lowest BCUT2D eigenvalue weighted by atomic mass is 10.1. The molecule has 1 aromatic heterocycles. The number of benzene rings is 3. The van der Waals surface area contributed by atoms with Crippen LogP contribution in [0.5, 0.6) is 0 Å². The molecule has 3 aromatic carbocycles. The second-order valence-corrected chi connectivity index (χ2v) is 12.6. The van der Waals surface area contributed by atoms with Crippen molar-refractivity contribution < 1.29 is 28.2 Å². The van der Waals surface area contributed by atoms with E-state index in [1.807, 2.05) is 0 Å². The molecule has 8 nitrogen and oxygen atoms in total. The number of nitrogens with one attached hydrogen (secondary N) is 1. The number of hydrogen-bond donors (Lipinski definition) is 2. The molecule has 1 aliphatic rings. The van der Waals surface area contributed by atoms with Gasteiger partial charge in [-0.25, -0.2) is 4.39 Å². The molecule has 212 valence electrons. The fourth-order valence-electron chi connectivity index (χ4n) is 5.22. The molecule has 0 bridgehead atoms. The van der Waals surface area contributed by atoms with Crippen molar-refractivity contribution in [3.05, 3.63) is 94.9 Å². The number of aromatic nitrogens is 1. The second kappa shape index (κ2) is 11.6. The number of hydrogen-bond acceptors (Lipinski definition) is 4. The van der Waals surface area contributed by atoms with Crippen LogP contribution in [0, 0.1) is 5.82 Å². The summed E-state index contributed by atoms with van der Waals surface area (Å²) in [6, 6.07) is 16.8. The Bertz CT molecular complexity index is 1710. The molecule has 41 heavy (non-hydrogen) atoms. The number of likely N-dealkylation sites (tertiary alicyclic amines) is 1. The van der Waals surface area contributed by atoms with E-state index in [1.54, 1.807) is 53.2 Å². The van der Waals surface area contributed by atoms with Gasteiger partial charge in [-0.15, -0.1) is 0 Å². The number of carbonyl (C=O) groups excluding carboxylic acids is 3. The Morgan fingerprint density at radius 1 is 1.07 bits per heavy atom. The molecule has 11 heteroatoms. The molecular weight excluding hydrogens is 568 g/mol. The largest absolute Gasteiger partial charge is 0.350 e. The number of fused-ring (bicyclic) bond motifs is 1. The maximum atomic E-state index is 14.3. The van der Waals surface area contributed by atoms with Crippen LogP contribution in [0.25, 0.3) is 10.9 Å². The molecule has 2 heterocycles. The quantitative estimate of drug-likeness (QED) is 0.235. The van der Waals surface area contributed by atoms with Crippen LogP contribution in [0.3, 0.4) is 0 Å². The van der Waals surface area contributed by atoms with E-state index in [9.17, 15) is 28.2 Å².